The fraction of sp³-hybridized carbons (Fsp3) is 0.0370. The highest BCUT2D eigenvalue weighted by Gasteiger charge is 2.20. The number of sulfonamides is 1. The van der Waals surface area contributed by atoms with Crippen LogP contribution in [0.15, 0.2) is 108 Å². The van der Waals surface area contributed by atoms with Crippen LogP contribution in [-0.4, -0.2) is 23.9 Å². The number of imidazole rings is 1. The first-order chi connectivity index (χ1) is 16.9. The van der Waals surface area contributed by atoms with Gasteiger partial charge >= 0.3 is 0 Å². The van der Waals surface area contributed by atoms with Gasteiger partial charge in [0, 0.05) is 23.4 Å². The van der Waals surface area contributed by atoms with Gasteiger partial charge in [0.1, 0.15) is 5.82 Å². The van der Waals surface area contributed by atoms with Crippen LogP contribution in [0.1, 0.15) is 21.7 Å². The van der Waals surface area contributed by atoms with Gasteiger partial charge in [0.05, 0.1) is 15.9 Å². The Balaban J connectivity index is 1.50. The van der Waals surface area contributed by atoms with Crippen LogP contribution in [0.5, 0.6) is 0 Å². The molecule has 5 rings (SSSR count). The number of fused-ring (bicyclic) bond motifs is 1. The topological polar surface area (TPSA) is 107 Å². The number of nitrogens with two attached hydrogens (primary N) is 1. The fourth-order valence-corrected chi connectivity index (χ4v) is 4.95. The van der Waals surface area contributed by atoms with Crippen LogP contribution in [-0.2, 0) is 16.4 Å². The highest BCUT2D eigenvalue weighted by Crippen LogP contribution is 2.23. The van der Waals surface area contributed by atoms with E-state index in [4.69, 9.17) is 10.7 Å². The number of nitrogens with zero attached hydrogens (tertiary/aromatic N) is 2. The average molecular weight is 483 g/mol. The van der Waals surface area contributed by atoms with Gasteiger partial charge in [-0.3, -0.25) is 14.1 Å². The van der Waals surface area contributed by atoms with Crippen LogP contribution in [0.25, 0.3) is 11.0 Å². The molecule has 0 aliphatic carbocycles. The molecule has 0 amide bonds. The molecule has 1 heterocycles. The van der Waals surface area contributed by atoms with Crippen molar-refractivity contribution in [3.8, 4) is 0 Å². The second-order valence-corrected chi connectivity index (χ2v) is 9.76. The molecule has 0 saturated carbocycles. The SMILES string of the molecule is Nc1ccc(S(=O)(=O)Nc2cccc(C(=O)n3c(Cc4ccccc4)nc4ccccc43)c2)cc1. The van der Waals surface area contributed by atoms with E-state index < -0.39 is 10.0 Å². The van der Waals surface area contributed by atoms with E-state index in [1.807, 2.05) is 54.6 Å². The molecule has 0 radical (unpaired) electrons. The molecular formula is C27H22N4O3S. The van der Waals surface area contributed by atoms with Crippen LogP contribution in [0.2, 0.25) is 0 Å². The van der Waals surface area contributed by atoms with Crippen molar-refractivity contribution in [3.63, 3.8) is 0 Å². The van der Waals surface area contributed by atoms with Gasteiger partial charge in [-0.25, -0.2) is 13.4 Å². The Hall–Kier alpha value is -4.43. The third-order valence-corrected chi connectivity index (χ3v) is 6.99. The molecule has 7 nitrogen and oxygen atoms in total. The summed E-state index contributed by atoms with van der Waals surface area (Å²) in [5, 5.41) is 0. The van der Waals surface area contributed by atoms with Crippen molar-refractivity contribution in [2.75, 3.05) is 10.5 Å². The van der Waals surface area contributed by atoms with E-state index >= 15 is 0 Å². The number of rotatable bonds is 6. The quantitative estimate of drug-likeness (QED) is 0.341. The summed E-state index contributed by atoms with van der Waals surface area (Å²) in [5.74, 6) is 0.313. The molecule has 0 aliphatic rings. The molecule has 5 aromatic rings. The second kappa shape index (κ2) is 9.08. The molecule has 0 unspecified atom stereocenters. The van der Waals surface area contributed by atoms with Gasteiger partial charge in [0.15, 0.2) is 0 Å². The van der Waals surface area contributed by atoms with Crippen molar-refractivity contribution in [2.24, 2.45) is 0 Å². The van der Waals surface area contributed by atoms with Gasteiger partial charge < -0.3 is 5.73 Å². The second-order valence-electron chi connectivity index (χ2n) is 8.08. The minimum atomic E-state index is -3.85. The molecule has 4 aromatic carbocycles. The number of benzene rings is 4. The van der Waals surface area contributed by atoms with Gasteiger partial charge in [0.2, 0.25) is 0 Å². The molecule has 3 N–H and O–H groups in total. The number of hydrogen-bond acceptors (Lipinski definition) is 5. The highest BCUT2D eigenvalue weighted by atomic mass is 32.2. The zero-order chi connectivity index (χ0) is 24.4. The molecule has 174 valence electrons. The molecule has 0 spiro atoms. The number of carbonyl (C=O) groups excluding carboxylic acids is 1. The van der Waals surface area contributed by atoms with Gasteiger partial charge in [-0.15, -0.1) is 0 Å². The van der Waals surface area contributed by atoms with Gasteiger partial charge in [0.25, 0.3) is 15.9 Å². The van der Waals surface area contributed by atoms with E-state index in [1.54, 1.807) is 22.8 Å². The van der Waals surface area contributed by atoms with E-state index in [0.29, 0.717) is 34.5 Å². The van der Waals surface area contributed by atoms with Gasteiger partial charge in [-0.1, -0.05) is 48.5 Å². The monoisotopic (exact) mass is 482 g/mol. The Bertz CT molecular complexity index is 1630. The lowest BCUT2D eigenvalue weighted by Gasteiger charge is -2.11. The zero-order valence-corrected chi connectivity index (χ0v) is 19.4. The Morgan fingerprint density at radius 1 is 0.857 bits per heavy atom. The van der Waals surface area contributed by atoms with Crippen LogP contribution >= 0.6 is 0 Å². The van der Waals surface area contributed by atoms with Crippen molar-refractivity contribution in [1.29, 1.82) is 0 Å². The molecule has 0 atom stereocenters. The number of anilines is 2. The number of aromatic nitrogens is 2. The van der Waals surface area contributed by atoms with E-state index in [0.717, 1.165) is 5.56 Å². The minimum absolute atomic E-state index is 0.0779. The van der Waals surface area contributed by atoms with Crippen LogP contribution in [0.3, 0.4) is 0 Å². The number of para-hydroxylation sites is 2. The Labute approximate surface area is 202 Å². The normalized spacial score (nSPS) is 11.4. The first-order valence-electron chi connectivity index (χ1n) is 10.9. The van der Waals surface area contributed by atoms with E-state index in [2.05, 4.69) is 4.72 Å². The predicted octanol–water partition coefficient (Wildman–Crippen LogP) is 4.70. The molecule has 0 saturated heterocycles. The highest BCUT2D eigenvalue weighted by molar-refractivity contribution is 7.92. The third-order valence-electron chi connectivity index (χ3n) is 5.59. The predicted molar refractivity (Wildman–Crippen MR) is 137 cm³/mol. The molecule has 35 heavy (non-hydrogen) atoms. The Morgan fingerprint density at radius 2 is 1.57 bits per heavy atom. The maximum atomic E-state index is 13.7. The first-order valence-corrected chi connectivity index (χ1v) is 12.4. The maximum Gasteiger partial charge on any atom is 0.263 e. The summed E-state index contributed by atoms with van der Waals surface area (Å²) < 4.78 is 29.7. The summed E-state index contributed by atoms with van der Waals surface area (Å²) in [6, 6.07) is 29.6. The van der Waals surface area contributed by atoms with Crippen LogP contribution in [0.4, 0.5) is 11.4 Å². The lowest BCUT2D eigenvalue weighted by atomic mass is 10.1. The third kappa shape index (κ3) is 4.64. The van der Waals surface area contributed by atoms with Crippen molar-refractivity contribution < 1.29 is 13.2 Å². The molecule has 1 aromatic heterocycles. The number of hydrogen-bond donors (Lipinski definition) is 2. The summed E-state index contributed by atoms with van der Waals surface area (Å²) in [4.78, 5) is 18.5. The molecular weight excluding hydrogens is 460 g/mol. The lowest BCUT2D eigenvalue weighted by Crippen LogP contribution is -2.17. The largest absolute Gasteiger partial charge is 0.399 e. The molecule has 0 bridgehead atoms. The number of nitrogen functional groups attached to an aromatic ring is 1. The van der Waals surface area contributed by atoms with E-state index in [9.17, 15) is 13.2 Å². The average Bonchev–Trinajstić information content (AvgIpc) is 3.22. The maximum absolute atomic E-state index is 13.7. The molecule has 0 fully saturated rings. The number of carbonyl (C=O) groups is 1. The standard InChI is InChI=1S/C27H22N4O3S/c28-21-13-15-23(16-14-21)35(33,34)30-22-10-6-9-20(18-22)27(32)31-25-12-5-4-11-24(25)29-26(31)17-19-7-2-1-3-8-19/h1-16,18,30H,17,28H2. The molecule has 0 aliphatic heterocycles. The first kappa shape index (κ1) is 22.4. The van der Waals surface area contributed by atoms with Crippen molar-refractivity contribution >= 4 is 38.3 Å². The minimum Gasteiger partial charge on any atom is -0.399 e. The fourth-order valence-electron chi connectivity index (χ4n) is 3.91. The Morgan fingerprint density at radius 3 is 2.34 bits per heavy atom. The van der Waals surface area contributed by atoms with Crippen molar-refractivity contribution in [3.05, 3.63) is 120 Å². The molecule has 8 heteroatoms. The van der Waals surface area contributed by atoms with Crippen molar-refractivity contribution in [1.82, 2.24) is 9.55 Å². The van der Waals surface area contributed by atoms with Gasteiger partial charge in [-0.2, -0.15) is 0 Å². The summed E-state index contributed by atoms with van der Waals surface area (Å²) in [5.41, 5.74) is 9.18. The van der Waals surface area contributed by atoms with E-state index in [-0.39, 0.29) is 16.5 Å². The van der Waals surface area contributed by atoms with Crippen molar-refractivity contribution in [2.45, 2.75) is 11.3 Å². The zero-order valence-electron chi connectivity index (χ0n) is 18.6. The Kier molecular flexibility index (Phi) is 5.80. The summed E-state index contributed by atoms with van der Waals surface area (Å²) in [6.07, 6.45) is 0.477. The van der Waals surface area contributed by atoms with E-state index in [1.165, 1.54) is 30.3 Å². The number of nitrogens with one attached hydrogen (secondary N) is 1. The summed E-state index contributed by atoms with van der Waals surface area (Å²) in [7, 11) is -3.85. The van der Waals surface area contributed by atoms with Crippen LogP contribution in [0, 0.1) is 0 Å². The van der Waals surface area contributed by atoms with Crippen LogP contribution < -0.4 is 10.5 Å². The summed E-state index contributed by atoms with van der Waals surface area (Å²) in [6.45, 7) is 0. The lowest BCUT2D eigenvalue weighted by molar-refractivity contribution is 0.0961. The van der Waals surface area contributed by atoms with Gasteiger partial charge in [-0.05, 0) is 60.2 Å². The summed E-state index contributed by atoms with van der Waals surface area (Å²) >= 11 is 0. The smallest absolute Gasteiger partial charge is 0.263 e.